The fourth-order valence-corrected chi connectivity index (χ4v) is 2.74. The van der Waals surface area contributed by atoms with E-state index in [1.165, 1.54) is 11.3 Å². The number of carbonyl (C=O) groups excluding carboxylic acids is 1. The number of rotatable bonds is 5. The first-order valence-electron chi connectivity index (χ1n) is 5.92. The molecule has 1 fully saturated rings. The number of nitrogens with one attached hydrogen (secondary N) is 1. The Balaban J connectivity index is 2.04. The van der Waals surface area contributed by atoms with Gasteiger partial charge in [0.25, 0.3) is 0 Å². The lowest BCUT2D eigenvalue weighted by molar-refractivity contribution is -0.140. The Morgan fingerprint density at radius 2 is 2.33 bits per heavy atom. The maximum Gasteiger partial charge on any atom is 0.307 e. The zero-order valence-electron chi connectivity index (χ0n) is 10.3. The molecule has 1 aromatic rings. The summed E-state index contributed by atoms with van der Waals surface area (Å²) in [6.07, 6.45) is 2.87. The molecule has 0 bridgehead atoms. The lowest BCUT2D eigenvalue weighted by Crippen LogP contribution is -2.44. The summed E-state index contributed by atoms with van der Waals surface area (Å²) in [5, 5.41) is 14.5. The first-order chi connectivity index (χ1) is 8.48. The summed E-state index contributed by atoms with van der Waals surface area (Å²) >= 11 is 1.49. The number of nitrogens with zero attached hydrogens (tertiary/aromatic N) is 1. The van der Waals surface area contributed by atoms with Crippen LogP contribution in [-0.4, -0.2) is 22.0 Å². The van der Waals surface area contributed by atoms with Gasteiger partial charge in [-0.15, -0.1) is 11.3 Å². The Bertz CT molecular complexity index is 460. The minimum Gasteiger partial charge on any atom is -0.481 e. The average molecular weight is 268 g/mol. The third-order valence-electron chi connectivity index (χ3n) is 3.45. The minimum absolute atomic E-state index is 0.179. The Hall–Kier alpha value is -1.43. The van der Waals surface area contributed by atoms with Crippen molar-refractivity contribution >= 4 is 23.2 Å². The van der Waals surface area contributed by atoms with Gasteiger partial charge in [-0.2, -0.15) is 0 Å². The molecule has 1 aliphatic carbocycles. The van der Waals surface area contributed by atoms with Crippen molar-refractivity contribution in [2.45, 2.75) is 32.2 Å². The van der Waals surface area contributed by atoms with Gasteiger partial charge in [0.1, 0.15) is 5.01 Å². The highest BCUT2D eigenvalue weighted by atomic mass is 32.1. The van der Waals surface area contributed by atoms with Crippen LogP contribution < -0.4 is 5.32 Å². The smallest absolute Gasteiger partial charge is 0.307 e. The number of carbonyl (C=O) groups is 2. The summed E-state index contributed by atoms with van der Waals surface area (Å²) in [5.74, 6) is -1.96. The van der Waals surface area contributed by atoms with Crippen LogP contribution in [0.2, 0.25) is 0 Å². The van der Waals surface area contributed by atoms with Gasteiger partial charge >= 0.3 is 5.97 Å². The van der Waals surface area contributed by atoms with E-state index in [0.29, 0.717) is 6.42 Å². The van der Waals surface area contributed by atoms with Crippen LogP contribution in [0.15, 0.2) is 11.6 Å². The predicted molar refractivity (Wildman–Crippen MR) is 67.1 cm³/mol. The van der Waals surface area contributed by atoms with Gasteiger partial charge in [0.15, 0.2) is 0 Å². The lowest BCUT2D eigenvalue weighted by Gasteiger charge is -2.27. The molecule has 0 spiro atoms. The maximum atomic E-state index is 12.0. The van der Waals surface area contributed by atoms with Crippen molar-refractivity contribution < 1.29 is 14.7 Å². The molecule has 1 amide bonds. The second-order valence-corrected chi connectivity index (χ2v) is 5.69. The van der Waals surface area contributed by atoms with E-state index in [0.717, 1.165) is 11.4 Å². The molecular weight excluding hydrogens is 252 g/mol. The quantitative estimate of drug-likeness (QED) is 0.850. The van der Waals surface area contributed by atoms with Gasteiger partial charge in [-0.3, -0.25) is 9.59 Å². The van der Waals surface area contributed by atoms with Crippen LogP contribution in [0.3, 0.4) is 0 Å². The molecule has 98 valence electrons. The van der Waals surface area contributed by atoms with Crippen LogP contribution in [0.5, 0.6) is 0 Å². The number of aromatic nitrogens is 1. The van der Waals surface area contributed by atoms with Crippen LogP contribution >= 0.6 is 11.3 Å². The van der Waals surface area contributed by atoms with E-state index in [1.54, 1.807) is 6.20 Å². The second-order valence-electron chi connectivity index (χ2n) is 4.80. The molecule has 5 nitrogen and oxygen atoms in total. The van der Waals surface area contributed by atoms with Gasteiger partial charge in [0, 0.05) is 11.6 Å². The second kappa shape index (κ2) is 4.68. The van der Waals surface area contributed by atoms with Crippen LogP contribution in [0.25, 0.3) is 0 Å². The third kappa shape index (κ3) is 2.38. The van der Waals surface area contributed by atoms with E-state index in [9.17, 15) is 9.59 Å². The number of hydrogen-bond acceptors (Lipinski definition) is 4. The normalized spacial score (nSPS) is 25.2. The van der Waals surface area contributed by atoms with Gasteiger partial charge < -0.3 is 10.4 Å². The van der Waals surface area contributed by atoms with E-state index >= 15 is 0 Å². The molecule has 1 aliphatic rings. The highest BCUT2D eigenvalue weighted by Gasteiger charge is 2.49. The molecule has 0 saturated heterocycles. The van der Waals surface area contributed by atoms with Gasteiger partial charge in [0.05, 0.1) is 17.4 Å². The van der Waals surface area contributed by atoms with Crippen LogP contribution in [0.4, 0.5) is 0 Å². The van der Waals surface area contributed by atoms with Gasteiger partial charge in [-0.25, -0.2) is 4.98 Å². The van der Waals surface area contributed by atoms with Crippen molar-refractivity contribution in [1.82, 2.24) is 10.3 Å². The van der Waals surface area contributed by atoms with E-state index < -0.39 is 17.4 Å². The molecule has 6 heteroatoms. The zero-order chi connectivity index (χ0) is 13.3. The Morgan fingerprint density at radius 3 is 2.78 bits per heavy atom. The monoisotopic (exact) mass is 268 g/mol. The van der Waals surface area contributed by atoms with E-state index in [1.807, 2.05) is 19.2 Å². The van der Waals surface area contributed by atoms with Gasteiger partial charge in [-0.1, -0.05) is 6.92 Å². The molecule has 1 heterocycles. The fourth-order valence-electron chi connectivity index (χ4n) is 1.91. The average Bonchev–Trinajstić information content (AvgIpc) is 2.95. The molecule has 1 saturated carbocycles. The standard InChI is InChI=1S/C12H16N2O3S/c1-3-12(2,11-13-4-5-18-11)14-9(15)7-6-8(7)10(16)17/h4-5,7-8H,3,6H2,1-2H3,(H,14,15)(H,16,17)/t7-,8+,12-/m0/s1. The summed E-state index contributed by atoms with van der Waals surface area (Å²) in [5.41, 5.74) is -0.503. The molecular formula is C12H16N2O3S. The van der Waals surface area contributed by atoms with Crippen molar-refractivity contribution in [3.8, 4) is 0 Å². The first-order valence-corrected chi connectivity index (χ1v) is 6.80. The molecule has 0 radical (unpaired) electrons. The van der Waals surface area contributed by atoms with Crippen LogP contribution in [-0.2, 0) is 15.1 Å². The summed E-state index contributed by atoms with van der Waals surface area (Å²) < 4.78 is 0. The lowest BCUT2D eigenvalue weighted by atomic mass is 9.99. The molecule has 1 aromatic heterocycles. The zero-order valence-corrected chi connectivity index (χ0v) is 11.2. The van der Waals surface area contributed by atoms with Crippen molar-refractivity contribution in [1.29, 1.82) is 0 Å². The minimum atomic E-state index is -0.886. The van der Waals surface area contributed by atoms with Crippen LogP contribution in [0, 0.1) is 11.8 Å². The molecule has 0 unspecified atom stereocenters. The highest BCUT2D eigenvalue weighted by Crippen LogP contribution is 2.40. The predicted octanol–water partition coefficient (Wildman–Crippen LogP) is 1.61. The first kappa shape index (κ1) is 13.0. The van der Waals surface area contributed by atoms with Crippen molar-refractivity contribution in [2.75, 3.05) is 0 Å². The molecule has 2 rings (SSSR count). The van der Waals surface area contributed by atoms with Crippen molar-refractivity contribution in [3.05, 3.63) is 16.6 Å². The number of carboxylic acid groups (broad SMARTS) is 1. The number of aliphatic carboxylic acids is 1. The molecule has 18 heavy (non-hydrogen) atoms. The topological polar surface area (TPSA) is 79.3 Å². The molecule has 3 atom stereocenters. The van der Waals surface area contributed by atoms with Crippen molar-refractivity contribution in [3.63, 3.8) is 0 Å². The largest absolute Gasteiger partial charge is 0.481 e. The summed E-state index contributed by atoms with van der Waals surface area (Å²) in [6, 6.07) is 0. The number of carboxylic acids is 1. The Labute approximate surface area is 109 Å². The molecule has 2 N–H and O–H groups in total. The maximum absolute atomic E-state index is 12.0. The number of amides is 1. The van der Waals surface area contributed by atoms with E-state index in [2.05, 4.69) is 10.3 Å². The van der Waals surface area contributed by atoms with E-state index in [-0.39, 0.29) is 11.8 Å². The number of hydrogen-bond donors (Lipinski definition) is 2. The highest BCUT2D eigenvalue weighted by molar-refractivity contribution is 7.09. The summed E-state index contributed by atoms with van der Waals surface area (Å²) in [4.78, 5) is 27.0. The Kier molecular flexibility index (Phi) is 3.38. The van der Waals surface area contributed by atoms with Crippen LogP contribution in [0.1, 0.15) is 31.7 Å². The molecule has 0 aromatic carbocycles. The summed E-state index contributed by atoms with van der Waals surface area (Å²) in [7, 11) is 0. The SMILES string of the molecule is CC[C@](C)(NC(=O)[C@H]1C[C@H]1C(=O)O)c1nccs1. The Morgan fingerprint density at radius 1 is 1.61 bits per heavy atom. The van der Waals surface area contributed by atoms with Gasteiger partial charge in [-0.05, 0) is 19.8 Å². The third-order valence-corrected chi connectivity index (χ3v) is 4.49. The molecule has 0 aliphatic heterocycles. The number of thiazole rings is 1. The summed E-state index contributed by atoms with van der Waals surface area (Å²) in [6.45, 7) is 3.89. The van der Waals surface area contributed by atoms with E-state index in [4.69, 9.17) is 5.11 Å². The fraction of sp³-hybridized carbons (Fsp3) is 0.583. The van der Waals surface area contributed by atoms with Gasteiger partial charge in [0.2, 0.25) is 5.91 Å². The van der Waals surface area contributed by atoms with Crippen molar-refractivity contribution in [2.24, 2.45) is 11.8 Å².